The molecule has 37 heteroatoms. The van der Waals surface area contributed by atoms with Crippen molar-refractivity contribution in [1.29, 1.82) is 10.8 Å². The lowest BCUT2D eigenvalue weighted by Crippen LogP contribution is -2.78. The van der Waals surface area contributed by atoms with Crippen LogP contribution in [0.3, 0.4) is 0 Å². The molecule has 4 amide bonds. The number of carboxylic acid groups (broad SMARTS) is 2. The van der Waals surface area contributed by atoms with Gasteiger partial charge in [-0.2, -0.15) is 18.5 Å². The number of hydroxylamine groups is 4. The van der Waals surface area contributed by atoms with Gasteiger partial charge >= 0.3 is 22.3 Å². The number of β-lactam (4-membered cyclic amide) rings is 2. The van der Waals surface area contributed by atoms with Crippen molar-refractivity contribution in [2.75, 3.05) is 37.8 Å². The van der Waals surface area contributed by atoms with Gasteiger partial charge in [-0.3, -0.25) is 30.0 Å². The van der Waals surface area contributed by atoms with E-state index in [0.29, 0.717) is 49.1 Å². The van der Waals surface area contributed by atoms with Crippen molar-refractivity contribution in [3.8, 4) is 34.0 Å². The van der Waals surface area contributed by atoms with E-state index in [0.717, 1.165) is 59.0 Å². The van der Waals surface area contributed by atoms with E-state index in [1.807, 2.05) is 12.4 Å². The molecule has 34 nitrogen and oxygen atoms in total. The number of carbonyl (C=O) groups is 6. The number of aliphatic carboxylic acids is 2. The molecule has 6 heterocycles. The van der Waals surface area contributed by atoms with E-state index >= 15 is 0 Å². The van der Waals surface area contributed by atoms with Crippen LogP contribution in [0, 0.1) is 10.8 Å². The number of nitrogens with one attached hydrogen (secondary N) is 4. The number of thiazole rings is 2. The second-order valence-corrected chi connectivity index (χ2v) is 25.2. The first-order valence-electron chi connectivity index (χ1n) is 27.6. The number of nitrogen functional groups attached to an aromatic ring is 2. The molecule has 0 radical (unpaired) electrons. The molecule has 488 valence electrons. The van der Waals surface area contributed by atoms with Crippen molar-refractivity contribution in [3.63, 3.8) is 0 Å². The minimum Gasteiger partial charge on any atom is -0.489 e. The Balaban J connectivity index is 0.884. The molecule has 0 aliphatic carbocycles. The summed E-state index contributed by atoms with van der Waals surface area (Å²) in [4.78, 5) is 99.8. The van der Waals surface area contributed by atoms with Gasteiger partial charge in [0, 0.05) is 50.3 Å². The van der Waals surface area contributed by atoms with E-state index in [1.54, 1.807) is 80.9 Å². The first kappa shape index (κ1) is 67.4. The fourth-order valence-electron chi connectivity index (χ4n) is 9.09. The second-order valence-electron chi connectivity index (χ2n) is 22.3. The van der Waals surface area contributed by atoms with Gasteiger partial charge in [-0.05, 0) is 127 Å². The van der Waals surface area contributed by atoms with Gasteiger partial charge in [-0.1, -0.05) is 10.3 Å². The van der Waals surface area contributed by atoms with Crippen LogP contribution in [-0.2, 0) is 84.6 Å². The first-order chi connectivity index (χ1) is 42.7. The zero-order valence-corrected chi connectivity index (χ0v) is 52.8. The van der Waals surface area contributed by atoms with Crippen LogP contribution in [0.4, 0.5) is 10.3 Å². The van der Waals surface area contributed by atoms with Gasteiger partial charge < -0.3 is 81.2 Å². The number of aromatic nitrogens is 6. The number of nitrogens with two attached hydrogens (primary N) is 4. The number of anilines is 2. The summed E-state index contributed by atoms with van der Waals surface area (Å²) in [7, 11) is -1.90. The molecule has 2 fully saturated rings. The second kappa shape index (κ2) is 26.5. The number of carbonyl (C=O) groups excluding carboxylic acids is 4. The average Bonchev–Trinajstić information content (AvgIpc) is 1.46. The Morgan fingerprint density at radius 1 is 0.659 bits per heavy atom. The van der Waals surface area contributed by atoms with Gasteiger partial charge in [0.05, 0.1) is 22.5 Å². The maximum Gasteiger partial charge on any atom is 0.442 e. The normalized spacial score (nSPS) is 17.7. The van der Waals surface area contributed by atoms with E-state index in [9.17, 15) is 47.4 Å². The topological polar surface area (TPSA) is 485 Å². The highest BCUT2D eigenvalue weighted by Gasteiger charge is 2.61. The molecular weight excluding hydrogens is 1250 g/mol. The van der Waals surface area contributed by atoms with E-state index in [1.165, 1.54) is 38.5 Å². The highest BCUT2D eigenvalue weighted by Crippen LogP contribution is 2.37. The van der Waals surface area contributed by atoms with Crippen molar-refractivity contribution < 1.29 is 75.1 Å². The average molecular weight is 1320 g/mol. The zero-order chi connectivity index (χ0) is 66.7. The maximum atomic E-state index is 14.0. The summed E-state index contributed by atoms with van der Waals surface area (Å²) in [6.45, 7) is 8.21. The summed E-state index contributed by atoms with van der Waals surface area (Å²) < 4.78 is 55.6. The third-order valence-electron chi connectivity index (χ3n) is 14.8. The number of hydrogen-bond acceptors (Lipinski definition) is 26. The molecule has 8 rings (SSSR count). The minimum atomic E-state index is -5.39. The highest BCUT2D eigenvalue weighted by molar-refractivity contribution is 7.81. The number of aryl methyl sites for hydroxylation is 2. The quantitative estimate of drug-likeness (QED) is 0.0165. The van der Waals surface area contributed by atoms with E-state index < -0.39 is 105 Å². The number of rotatable bonds is 30. The Labute approximate surface area is 526 Å². The van der Waals surface area contributed by atoms with Gasteiger partial charge in [0.25, 0.3) is 34.8 Å². The summed E-state index contributed by atoms with van der Waals surface area (Å²) in [5.74, 6) is -7.22. The fourth-order valence-corrected chi connectivity index (χ4v) is 11.1. The third kappa shape index (κ3) is 14.3. The molecule has 4 atom stereocenters. The Bertz CT molecular complexity index is 3820. The van der Waals surface area contributed by atoms with Crippen LogP contribution >= 0.6 is 22.7 Å². The zero-order valence-electron chi connectivity index (χ0n) is 50.4. The number of hydrogen-bond donors (Lipinski definition) is 10. The predicted octanol–water partition coefficient (Wildman–Crippen LogP) is 0.340. The molecule has 91 heavy (non-hydrogen) atoms. The van der Waals surface area contributed by atoms with Gasteiger partial charge in [-0.25, -0.2) is 19.6 Å². The van der Waals surface area contributed by atoms with Gasteiger partial charge in [0.1, 0.15) is 48.2 Å². The minimum absolute atomic E-state index is 0.0278. The van der Waals surface area contributed by atoms with Crippen LogP contribution in [0.15, 0.2) is 82.0 Å². The lowest BCUT2D eigenvalue weighted by molar-refractivity contribution is -0.239. The van der Waals surface area contributed by atoms with Crippen molar-refractivity contribution in [3.05, 3.63) is 94.3 Å². The van der Waals surface area contributed by atoms with Crippen molar-refractivity contribution in [1.82, 2.24) is 49.0 Å². The maximum absolute atomic E-state index is 14.0. The Morgan fingerprint density at radius 2 is 1.01 bits per heavy atom. The molecule has 2 aliphatic heterocycles. The first-order valence-corrected chi connectivity index (χ1v) is 30.7. The summed E-state index contributed by atoms with van der Waals surface area (Å²) in [5, 5.41) is 53.3. The summed E-state index contributed by atoms with van der Waals surface area (Å²) >= 11 is 1.78. The fraction of sp³-hybridized carbons (Fsp3) is 0.407. The number of benzene rings is 2. The number of amides is 4. The Morgan fingerprint density at radius 3 is 1.31 bits per heavy atom. The smallest absolute Gasteiger partial charge is 0.442 e. The lowest BCUT2D eigenvalue weighted by atomic mass is 9.84. The molecule has 2 saturated heterocycles. The van der Waals surface area contributed by atoms with Crippen LogP contribution in [0.1, 0.15) is 65.8 Å². The lowest BCUT2D eigenvalue weighted by Gasteiger charge is -2.52. The molecule has 2 aliphatic rings. The van der Waals surface area contributed by atoms with Crippen molar-refractivity contribution in [2.45, 2.75) is 102 Å². The summed E-state index contributed by atoms with van der Waals surface area (Å²) in [5.41, 5.74) is 16.9. The van der Waals surface area contributed by atoms with Gasteiger partial charge in [0.15, 0.2) is 21.7 Å². The SMILES string of the molecule is Cn1c(-c2ccc(OC[C@](C)(O/N=C(\C(=O)N[C@@H]3C(=O)N(OS(=O)(=O)ON4C(=O)[C@@H](NC(=O)/C(=N\O[C@@](C)(COc5ccc(-c6cn(CCCN)c(=N)n6C)cc5)C(=O)O)c5csc(N)n5)C4(C)C)C3(C)C)c3csc(N)n3)C(=O)O)cc2)cn(CCCN)c1=N. The molecule has 4 aromatic heterocycles. The number of imidazole rings is 2. The van der Waals surface area contributed by atoms with E-state index in [4.69, 9.17) is 61.5 Å². The van der Waals surface area contributed by atoms with Gasteiger partial charge in [0.2, 0.25) is 11.2 Å². The number of oxime groups is 2. The molecule has 6 aromatic rings. The molecule has 0 saturated carbocycles. The summed E-state index contributed by atoms with van der Waals surface area (Å²) in [6.07, 6.45) is 5.00. The molecule has 0 bridgehead atoms. The highest BCUT2D eigenvalue weighted by atomic mass is 32.3. The van der Waals surface area contributed by atoms with Crippen LogP contribution in [-0.4, -0.2) is 165 Å². The number of carboxylic acids is 2. The predicted molar refractivity (Wildman–Crippen MR) is 325 cm³/mol. The van der Waals surface area contributed by atoms with E-state index in [2.05, 4.69) is 30.9 Å². The van der Waals surface area contributed by atoms with Crippen molar-refractivity contribution in [2.24, 2.45) is 35.9 Å². The largest absolute Gasteiger partial charge is 0.489 e. The third-order valence-corrected chi connectivity index (χ3v) is 16.8. The molecule has 2 aromatic carbocycles. The molecular formula is C54H68N18O16S3. The molecule has 14 N–H and O–H groups in total. The van der Waals surface area contributed by atoms with Crippen molar-refractivity contribution >= 4 is 90.3 Å². The van der Waals surface area contributed by atoms with Gasteiger partial charge in [-0.15, -0.1) is 31.2 Å². The number of ether oxygens (including phenoxy) is 2. The van der Waals surface area contributed by atoms with E-state index in [-0.39, 0.29) is 44.4 Å². The van der Waals surface area contributed by atoms with Crippen LogP contribution in [0.5, 0.6) is 11.5 Å². The summed E-state index contributed by atoms with van der Waals surface area (Å²) in [6, 6.07) is 10.1. The Kier molecular flexibility index (Phi) is 19.6. The van der Waals surface area contributed by atoms with Crippen LogP contribution in [0.2, 0.25) is 0 Å². The van der Waals surface area contributed by atoms with Crippen LogP contribution in [0.25, 0.3) is 22.5 Å². The standard InChI is InChI=1S/C54H68N18O16S3/c1-51(2)39(63-41(73)37(33-25-89-47(57)61-33)65-85-53(5,45(77)78)27-83-31-15-11-29(12-16-31)35-23-69(21-9-19-55)49(59)67(35)7)43(75)71(51)87-91(81,82)88-72-44(76)40(52(72,3)4)64-42(74)38(34-26-90-48(58)62-34)66-86-54(6,46(79)80)28-84-32-17-13-30(14-18-32)36-24-70(22-10-20-56)50(60)68(36)8/h11-18,23-26,39-40,59-60H,9-10,19-22,27-28,55-56H2,1-8H3,(H2,57,61)(H2,58,62)(H,63,73)(H,64,74)(H,77,78)(H,79,80)/b59-49?,60-50?,65-37-,66-38-/t39-,40-,53+,54+/m1/s1. The molecule has 0 unspecified atom stereocenters. The monoisotopic (exact) mass is 1320 g/mol. The number of nitrogens with zero attached hydrogens (tertiary/aromatic N) is 10. The van der Waals surface area contributed by atoms with Crippen LogP contribution < -0.4 is 54.3 Å². The molecule has 0 spiro atoms. The Hall–Kier alpha value is -9.53.